The molecule has 0 heterocycles. The zero-order chi connectivity index (χ0) is 13.4. The molecule has 0 unspecified atom stereocenters. The molecule has 19 heavy (non-hydrogen) atoms. The largest absolute Gasteiger partial charge is 0.508 e. The molecule has 0 radical (unpaired) electrons. The average molecular weight is 296 g/mol. The summed E-state index contributed by atoms with van der Waals surface area (Å²) in [5.41, 5.74) is 2.51. The maximum absolute atomic E-state index is 8.85. The van der Waals surface area contributed by atoms with Gasteiger partial charge in [0.25, 0.3) is 0 Å². The minimum Gasteiger partial charge on any atom is -0.508 e. The molecule has 0 amide bonds. The Morgan fingerprint density at radius 2 is 0.895 bits per heavy atom. The Labute approximate surface area is 125 Å². The van der Waals surface area contributed by atoms with E-state index in [-0.39, 0.29) is 17.4 Å². The van der Waals surface area contributed by atoms with Gasteiger partial charge in [-0.25, -0.2) is 0 Å². The SMILES string of the molecule is CCc1ccc(O)cc1.CCc1ccc(O)cc1.[Cr]. The van der Waals surface area contributed by atoms with Crippen molar-refractivity contribution in [2.75, 3.05) is 0 Å². The number of aryl methyl sites for hydroxylation is 2. The Kier molecular flexibility index (Phi) is 8.78. The fourth-order valence-electron chi connectivity index (χ4n) is 1.46. The predicted molar refractivity (Wildman–Crippen MR) is 75.0 cm³/mol. The molecule has 0 spiro atoms. The van der Waals surface area contributed by atoms with Gasteiger partial charge in [-0.15, -0.1) is 0 Å². The fourth-order valence-corrected chi connectivity index (χ4v) is 1.46. The van der Waals surface area contributed by atoms with Crippen LogP contribution in [-0.2, 0) is 30.2 Å². The van der Waals surface area contributed by atoms with E-state index in [9.17, 15) is 0 Å². The zero-order valence-electron chi connectivity index (χ0n) is 11.3. The van der Waals surface area contributed by atoms with Crippen LogP contribution in [0.25, 0.3) is 0 Å². The first-order valence-corrected chi connectivity index (χ1v) is 6.21. The third-order valence-electron chi connectivity index (χ3n) is 2.69. The average Bonchev–Trinajstić information content (AvgIpc) is 2.41. The molecule has 0 aliphatic carbocycles. The van der Waals surface area contributed by atoms with Gasteiger partial charge in [0.1, 0.15) is 11.5 Å². The number of phenols is 2. The van der Waals surface area contributed by atoms with Crippen LogP contribution in [0.1, 0.15) is 25.0 Å². The summed E-state index contributed by atoms with van der Waals surface area (Å²) < 4.78 is 0. The van der Waals surface area contributed by atoms with E-state index in [0.717, 1.165) is 12.8 Å². The van der Waals surface area contributed by atoms with Crippen molar-refractivity contribution in [2.24, 2.45) is 0 Å². The van der Waals surface area contributed by atoms with E-state index in [0.29, 0.717) is 11.5 Å². The number of phenolic OH excluding ortho intramolecular Hbond substituents is 2. The number of hydrogen-bond acceptors (Lipinski definition) is 2. The van der Waals surface area contributed by atoms with Crippen LogP contribution in [0.4, 0.5) is 0 Å². The molecule has 3 heteroatoms. The van der Waals surface area contributed by atoms with Crippen LogP contribution < -0.4 is 0 Å². The van der Waals surface area contributed by atoms with Crippen molar-refractivity contribution in [2.45, 2.75) is 26.7 Å². The van der Waals surface area contributed by atoms with E-state index in [4.69, 9.17) is 10.2 Å². The van der Waals surface area contributed by atoms with Crippen molar-refractivity contribution in [3.63, 3.8) is 0 Å². The molecule has 0 bridgehead atoms. The van der Waals surface area contributed by atoms with E-state index in [1.165, 1.54) is 11.1 Å². The normalized spacial score (nSPS) is 8.95. The van der Waals surface area contributed by atoms with Crippen LogP contribution in [0.2, 0.25) is 0 Å². The Morgan fingerprint density at radius 3 is 1.11 bits per heavy atom. The van der Waals surface area contributed by atoms with Gasteiger partial charge >= 0.3 is 0 Å². The second-order valence-electron chi connectivity index (χ2n) is 4.04. The quantitative estimate of drug-likeness (QED) is 0.882. The topological polar surface area (TPSA) is 40.5 Å². The Bertz CT molecular complexity index is 404. The van der Waals surface area contributed by atoms with Gasteiger partial charge < -0.3 is 10.2 Å². The van der Waals surface area contributed by atoms with Crippen molar-refractivity contribution in [1.29, 1.82) is 0 Å². The second-order valence-corrected chi connectivity index (χ2v) is 4.04. The maximum atomic E-state index is 8.85. The fraction of sp³-hybridized carbons (Fsp3) is 0.250. The number of rotatable bonds is 2. The number of aromatic hydroxyl groups is 2. The summed E-state index contributed by atoms with van der Waals surface area (Å²) in [6.07, 6.45) is 2.06. The Balaban J connectivity index is 0.000000324. The van der Waals surface area contributed by atoms with Gasteiger partial charge in [-0.2, -0.15) is 0 Å². The van der Waals surface area contributed by atoms with Crippen LogP contribution in [-0.4, -0.2) is 10.2 Å². The zero-order valence-corrected chi connectivity index (χ0v) is 12.6. The van der Waals surface area contributed by atoms with Crippen LogP contribution in [0.3, 0.4) is 0 Å². The molecule has 2 N–H and O–H groups in total. The smallest absolute Gasteiger partial charge is 0.115 e. The summed E-state index contributed by atoms with van der Waals surface area (Å²) in [6, 6.07) is 14.5. The van der Waals surface area contributed by atoms with E-state index in [1.807, 2.05) is 24.3 Å². The Hall–Kier alpha value is -1.43. The molecule has 0 aromatic heterocycles. The molecular formula is C16H20CrO2. The van der Waals surface area contributed by atoms with E-state index < -0.39 is 0 Å². The molecule has 0 saturated carbocycles. The van der Waals surface area contributed by atoms with Gasteiger partial charge in [0.15, 0.2) is 0 Å². The van der Waals surface area contributed by atoms with Gasteiger partial charge in [-0.3, -0.25) is 0 Å². The second kappa shape index (κ2) is 9.50. The summed E-state index contributed by atoms with van der Waals surface area (Å²) in [7, 11) is 0. The van der Waals surface area contributed by atoms with E-state index in [1.54, 1.807) is 24.3 Å². The molecule has 0 fully saturated rings. The minimum absolute atomic E-state index is 0. The van der Waals surface area contributed by atoms with E-state index >= 15 is 0 Å². The molecule has 2 nitrogen and oxygen atoms in total. The van der Waals surface area contributed by atoms with Crippen molar-refractivity contribution < 1.29 is 27.6 Å². The maximum Gasteiger partial charge on any atom is 0.115 e. The van der Waals surface area contributed by atoms with Crippen LogP contribution in [0.5, 0.6) is 11.5 Å². The monoisotopic (exact) mass is 296 g/mol. The predicted octanol–water partition coefficient (Wildman–Crippen LogP) is 3.91. The standard InChI is InChI=1S/2C8H10O.Cr/c2*1-2-7-3-5-8(9)6-4-7;/h2*3-6,9H,2H2,1H3;. The van der Waals surface area contributed by atoms with Crippen molar-refractivity contribution >= 4 is 0 Å². The van der Waals surface area contributed by atoms with Gasteiger partial charge in [-0.1, -0.05) is 38.1 Å². The Morgan fingerprint density at radius 1 is 0.632 bits per heavy atom. The molecule has 2 aromatic carbocycles. The first kappa shape index (κ1) is 17.6. The third-order valence-corrected chi connectivity index (χ3v) is 2.69. The minimum atomic E-state index is 0. The summed E-state index contributed by atoms with van der Waals surface area (Å²) in [5.74, 6) is 0.680. The number of benzene rings is 2. The summed E-state index contributed by atoms with van der Waals surface area (Å²) in [4.78, 5) is 0. The number of hydrogen-bond donors (Lipinski definition) is 2. The summed E-state index contributed by atoms with van der Waals surface area (Å²) in [6.45, 7) is 4.18. The molecule has 2 rings (SSSR count). The van der Waals surface area contributed by atoms with Crippen LogP contribution in [0.15, 0.2) is 48.5 Å². The van der Waals surface area contributed by atoms with E-state index in [2.05, 4.69) is 13.8 Å². The molecule has 0 saturated heterocycles. The molecule has 0 aliphatic heterocycles. The third kappa shape index (κ3) is 6.91. The molecule has 2 aromatic rings. The van der Waals surface area contributed by atoms with Crippen LogP contribution >= 0.6 is 0 Å². The van der Waals surface area contributed by atoms with Gasteiger partial charge in [0.2, 0.25) is 0 Å². The van der Waals surface area contributed by atoms with Gasteiger partial charge in [-0.05, 0) is 48.2 Å². The van der Waals surface area contributed by atoms with Crippen molar-refractivity contribution in [3.05, 3.63) is 59.7 Å². The first-order valence-electron chi connectivity index (χ1n) is 6.21. The summed E-state index contributed by atoms with van der Waals surface area (Å²) >= 11 is 0. The van der Waals surface area contributed by atoms with Crippen molar-refractivity contribution in [1.82, 2.24) is 0 Å². The molecular weight excluding hydrogens is 276 g/mol. The van der Waals surface area contributed by atoms with Gasteiger partial charge in [0.05, 0.1) is 0 Å². The summed E-state index contributed by atoms with van der Waals surface area (Å²) in [5, 5.41) is 17.7. The molecule has 0 aliphatic rings. The van der Waals surface area contributed by atoms with Crippen molar-refractivity contribution in [3.8, 4) is 11.5 Å². The first-order chi connectivity index (χ1) is 8.65. The van der Waals surface area contributed by atoms with Gasteiger partial charge in [0, 0.05) is 17.4 Å². The van der Waals surface area contributed by atoms with Crippen LogP contribution in [0, 0.1) is 0 Å². The molecule has 102 valence electrons. The molecule has 0 atom stereocenters.